The van der Waals surface area contributed by atoms with E-state index >= 15 is 0 Å². The van der Waals surface area contributed by atoms with E-state index in [1.165, 1.54) is 0 Å². The van der Waals surface area contributed by atoms with Crippen LogP contribution < -0.4 is 5.32 Å². The molecule has 1 amide bonds. The number of carbonyl (C=O) groups is 1. The van der Waals surface area contributed by atoms with Crippen LogP contribution in [0.25, 0.3) is 0 Å². The number of nitrogens with one attached hydrogen (secondary N) is 1. The van der Waals surface area contributed by atoms with E-state index in [9.17, 15) is 4.79 Å². The molecular weight excluding hydrogens is 248 g/mol. The molecule has 0 aromatic carbocycles. The van der Waals surface area contributed by atoms with Gasteiger partial charge in [0, 0.05) is 25.2 Å². The van der Waals surface area contributed by atoms with Crippen molar-refractivity contribution >= 4 is 5.91 Å². The van der Waals surface area contributed by atoms with Gasteiger partial charge in [-0.15, -0.1) is 0 Å². The molecule has 0 aliphatic carbocycles. The van der Waals surface area contributed by atoms with E-state index in [4.69, 9.17) is 9.26 Å². The second-order valence-electron chi connectivity index (χ2n) is 5.00. The van der Waals surface area contributed by atoms with Crippen LogP contribution in [0.3, 0.4) is 0 Å². The highest BCUT2D eigenvalue weighted by atomic mass is 16.5. The first-order valence-electron chi connectivity index (χ1n) is 6.45. The zero-order valence-corrected chi connectivity index (χ0v) is 11.5. The molecule has 1 saturated heterocycles. The van der Waals surface area contributed by atoms with Gasteiger partial charge in [0.1, 0.15) is 13.2 Å². The van der Waals surface area contributed by atoms with Crippen LogP contribution in [0.15, 0.2) is 4.52 Å². The van der Waals surface area contributed by atoms with Crippen molar-refractivity contribution in [2.45, 2.75) is 39.5 Å². The number of rotatable bonds is 4. The third-order valence-corrected chi connectivity index (χ3v) is 2.93. The summed E-state index contributed by atoms with van der Waals surface area (Å²) in [6, 6.07) is 0.623. The van der Waals surface area contributed by atoms with E-state index in [2.05, 4.69) is 29.3 Å². The molecule has 106 valence electrons. The maximum absolute atomic E-state index is 12.0. The predicted molar refractivity (Wildman–Crippen MR) is 67.3 cm³/mol. The molecule has 1 aromatic heterocycles. The summed E-state index contributed by atoms with van der Waals surface area (Å²) < 4.78 is 10.2. The molecule has 2 rings (SSSR count). The van der Waals surface area contributed by atoms with Gasteiger partial charge in [-0.1, -0.05) is 5.16 Å². The molecule has 19 heavy (non-hydrogen) atoms. The van der Waals surface area contributed by atoms with Crippen molar-refractivity contribution in [3.63, 3.8) is 0 Å². The summed E-state index contributed by atoms with van der Waals surface area (Å²) in [4.78, 5) is 17.8. The van der Waals surface area contributed by atoms with Gasteiger partial charge in [-0.25, -0.2) is 0 Å². The van der Waals surface area contributed by atoms with Gasteiger partial charge in [0.05, 0.1) is 0 Å². The average molecular weight is 268 g/mol. The molecule has 1 aliphatic rings. The van der Waals surface area contributed by atoms with Gasteiger partial charge in [0.25, 0.3) is 5.89 Å². The zero-order valence-electron chi connectivity index (χ0n) is 11.5. The molecule has 1 fully saturated rings. The topological polar surface area (TPSA) is 80.5 Å². The largest absolute Gasteiger partial charge is 0.362 e. The zero-order chi connectivity index (χ0) is 13.8. The molecule has 2 atom stereocenters. The summed E-state index contributed by atoms with van der Waals surface area (Å²) in [7, 11) is 0. The Morgan fingerprint density at radius 2 is 2.16 bits per heavy atom. The highest BCUT2D eigenvalue weighted by molar-refractivity contribution is 5.77. The van der Waals surface area contributed by atoms with Gasteiger partial charge < -0.3 is 19.5 Å². The fourth-order valence-electron chi connectivity index (χ4n) is 2.25. The number of aryl methyl sites for hydroxylation is 1. The molecule has 0 saturated carbocycles. The standard InChI is InChI=1S/C12H20N4O3/c1-8-4-16(5-9(2)13-8)12(17)7-18-6-11-14-10(3)15-19-11/h8-9,13H,4-7H2,1-3H3. The number of nitrogens with zero attached hydrogens (tertiary/aromatic N) is 3. The van der Waals surface area contributed by atoms with Crippen LogP contribution in [0.4, 0.5) is 0 Å². The summed E-state index contributed by atoms with van der Waals surface area (Å²) in [5.74, 6) is 0.957. The molecule has 7 nitrogen and oxygen atoms in total. The van der Waals surface area contributed by atoms with E-state index in [0.717, 1.165) is 0 Å². The number of aromatic nitrogens is 2. The van der Waals surface area contributed by atoms with Crippen molar-refractivity contribution in [3.8, 4) is 0 Å². The second kappa shape index (κ2) is 6.12. The number of piperazine rings is 1. The van der Waals surface area contributed by atoms with Crippen molar-refractivity contribution in [1.29, 1.82) is 0 Å². The summed E-state index contributed by atoms with van der Waals surface area (Å²) in [5.41, 5.74) is 0. The monoisotopic (exact) mass is 268 g/mol. The predicted octanol–water partition coefficient (Wildman–Crippen LogP) is 0.103. The number of hydrogen-bond donors (Lipinski definition) is 1. The molecule has 0 radical (unpaired) electrons. The first-order valence-corrected chi connectivity index (χ1v) is 6.45. The van der Waals surface area contributed by atoms with Crippen LogP contribution in [0.2, 0.25) is 0 Å². The van der Waals surface area contributed by atoms with Gasteiger partial charge in [-0.05, 0) is 20.8 Å². The Bertz CT molecular complexity index is 424. The maximum Gasteiger partial charge on any atom is 0.252 e. The first-order chi connectivity index (χ1) is 9.04. The van der Waals surface area contributed by atoms with Crippen LogP contribution in [0, 0.1) is 6.92 Å². The summed E-state index contributed by atoms with van der Waals surface area (Å²) in [6.07, 6.45) is 0. The van der Waals surface area contributed by atoms with Crippen LogP contribution in [0.1, 0.15) is 25.6 Å². The van der Waals surface area contributed by atoms with Crippen molar-refractivity contribution in [2.75, 3.05) is 19.7 Å². The average Bonchev–Trinajstić information content (AvgIpc) is 2.73. The minimum absolute atomic E-state index is 0.00330. The Labute approximate surface area is 112 Å². The van der Waals surface area contributed by atoms with Gasteiger partial charge in [-0.3, -0.25) is 4.79 Å². The minimum Gasteiger partial charge on any atom is -0.362 e. The van der Waals surface area contributed by atoms with Crippen LogP contribution in [-0.2, 0) is 16.1 Å². The lowest BCUT2D eigenvalue weighted by Crippen LogP contribution is -2.56. The summed E-state index contributed by atoms with van der Waals surface area (Å²) in [6.45, 7) is 7.51. The fraction of sp³-hybridized carbons (Fsp3) is 0.750. The Kier molecular flexibility index (Phi) is 4.49. The Morgan fingerprint density at radius 3 is 2.74 bits per heavy atom. The van der Waals surface area contributed by atoms with E-state index < -0.39 is 0 Å². The fourth-order valence-corrected chi connectivity index (χ4v) is 2.25. The van der Waals surface area contributed by atoms with Crippen molar-refractivity contribution < 1.29 is 14.1 Å². The first kappa shape index (κ1) is 14.0. The van der Waals surface area contributed by atoms with E-state index in [0.29, 0.717) is 36.9 Å². The lowest BCUT2D eigenvalue weighted by atomic mass is 10.1. The molecule has 1 N–H and O–H groups in total. The normalized spacial score (nSPS) is 23.6. The van der Waals surface area contributed by atoms with Crippen LogP contribution in [-0.4, -0.2) is 52.7 Å². The Balaban J connectivity index is 1.74. The van der Waals surface area contributed by atoms with Crippen LogP contribution >= 0.6 is 0 Å². The Hall–Kier alpha value is -1.47. The molecule has 0 bridgehead atoms. The van der Waals surface area contributed by atoms with E-state index in [1.54, 1.807) is 6.92 Å². The number of carbonyl (C=O) groups excluding carboxylic acids is 1. The number of hydrogen-bond acceptors (Lipinski definition) is 6. The molecule has 0 spiro atoms. The summed E-state index contributed by atoms with van der Waals surface area (Å²) in [5, 5.41) is 7.04. The molecule has 7 heteroatoms. The molecule has 1 aromatic rings. The maximum atomic E-state index is 12.0. The smallest absolute Gasteiger partial charge is 0.252 e. The molecule has 1 aliphatic heterocycles. The molecule has 2 heterocycles. The van der Waals surface area contributed by atoms with Gasteiger partial charge in [-0.2, -0.15) is 4.98 Å². The highest BCUT2D eigenvalue weighted by Crippen LogP contribution is 2.05. The van der Waals surface area contributed by atoms with Crippen molar-refractivity contribution in [1.82, 2.24) is 20.4 Å². The van der Waals surface area contributed by atoms with E-state index in [1.807, 2.05) is 4.90 Å². The van der Waals surface area contributed by atoms with Crippen molar-refractivity contribution in [3.05, 3.63) is 11.7 Å². The van der Waals surface area contributed by atoms with Crippen LogP contribution in [0.5, 0.6) is 0 Å². The van der Waals surface area contributed by atoms with Crippen molar-refractivity contribution in [2.24, 2.45) is 0 Å². The Morgan fingerprint density at radius 1 is 1.47 bits per heavy atom. The second-order valence-corrected chi connectivity index (χ2v) is 5.00. The minimum atomic E-state index is -0.00330. The molecule has 2 unspecified atom stereocenters. The highest BCUT2D eigenvalue weighted by Gasteiger charge is 2.24. The SMILES string of the molecule is Cc1noc(COCC(=O)N2CC(C)NC(C)C2)n1. The van der Waals surface area contributed by atoms with Gasteiger partial charge >= 0.3 is 0 Å². The lowest BCUT2D eigenvalue weighted by Gasteiger charge is -2.36. The number of amides is 1. The quantitative estimate of drug-likeness (QED) is 0.834. The third kappa shape index (κ3) is 4.00. The summed E-state index contributed by atoms with van der Waals surface area (Å²) >= 11 is 0. The molecular formula is C12H20N4O3. The number of ether oxygens (including phenoxy) is 1. The van der Waals surface area contributed by atoms with E-state index in [-0.39, 0.29) is 19.1 Å². The van der Waals surface area contributed by atoms with Gasteiger partial charge in [0.2, 0.25) is 5.91 Å². The van der Waals surface area contributed by atoms with Gasteiger partial charge in [0.15, 0.2) is 5.82 Å². The third-order valence-electron chi connectivity index (χ3n) is 2.93. The lowest BCUT2D eigenvalue weighted by molar-refractivity contribution is -0.138.